The van der Waals surface area contributed by atoms with Crippen molar-refractivity contribution >= 4 is 33.2 Å². The summed E-state index contributed by atoms with van der Waals surface area (Å²) >= 11 is 0. The molecular formula is C24H29N3O5S. The van der Waals surface area contributed by atoms with Gasteiger partial charge in [0.25, 0.3) is 5.91 Å². The number of sulfonamides is 1. The van der Waals surface area contributed by atoms with Crippen molar-refractivity contribution in [1.82, 2.24) is 4.31 Å². The van der Waals surface area contributed by atoms with Crippen LogP contribution >= 0.6 is 0 Å². The van der Waals surface area contributed by atoms with Crippen LogP contribution in [0.15, 0.2) is 53.4 Å². The Balaban J connectivity index is 1.37. The second-order valence-electron chi connectivity index (χ2n) is 8.38. The lowest BCUT2D eigenvalue weighted by Gasteiger charge is -2.25. The Hall–Kier alpha value is -2.91. The molecule has 33 heavy (non-hydrogen) atoms. The molecule has 2 heterocycles. The van der Waals surface area contributed by atoms with Crippen molar-refractivity contribution in [3.05, 3.63) is 48.5 Å². The largest absolute Gasteiger partial charge is 0.481 e. The van der Waals surface area contributed by atoms with Crippen molar-refractivity contribution in [3.63, 3.8) is 0 Å². The lowest BCUT2D eigenvalue weighted by atomic mass is 10.2. The lowest BCUT2D eigenvalue weighted by Crippen LogP contribution is -2.35. The lowest BCUT2D eigenvalue weighted by molar-refractivity contribution is -0.122. The van der Waals surface area contributed by atoms with E-state index in [1.165, 1.54) is 16.4 Å². The molecule has 0 radical (unpaired) electrons. The predicted octanol–water partition coefficient (Wildman–Crippen LogP) is 3.39. The van der Waals surface area contributed by atoms with Gasteiger partial charge in [0.2, 0.25) is 15.9 Å². The van der Waals surface area contributed by atoms with Gasteiger partial charge < -0.3 is 15.0 Å². The quantitative estimate of drug-likeness (QED) is 0.668. The molecule has 9 heteroatoms. The summed E-state index contributed by atoms with van der Waals surface area (Å²) in [7, 11) is -3.51. The number of nitrogens with zero attached hydrogens (tertiary/aromatic N) is 2. The zero-order valence-corrected chi connectivity index (χ0v) is 19.5. The average Bonchev–Trinajstić information content (AvgIpc) is 3.26. The summed E-state index contributed by atoms with van der Waals surface area (Å²) in [6.45, 7) is 3.41. The molecule has 2 saturated heterocycles. The molecule has 1 unspecified atom stereocenters. The van der Waals surface area contributed by atoms with Crippen LogP contribution in [-0.4, -0.2) is 50.3 Å². The Kier molecular flexibility index (Phi) is 6.99. The first-order valence-electron chi connectivity index (χ1n) is 11.3. The van der Waals surface area contributed by atoms with Crippen LogP contribution < -0.4 is 15.0 Å². The normalized spacial score (nSPS) is 18.2. The Morgan fingerprint density at radius 3 is 2.39 bits per heavy atom. The number of piperidine rings is 1. The topological polar surface area (TPSA) is 96.0 Å². The van der Waals surface area contributed by atoms with Gasteiger partial charge in [-0.15, -0.1) is 0 Å². The van der Waals surface area contributed by atoms with Gasteiger partial charge in [0.15, 0.2) is 6.10 Å². The first-order chi connectivity index (χ1) is 15.8. The van der Waals surface area contributed by atoms with E-state index < -0.39 is 16.1 Å². The van der Waals surface area contributed by atoms with E-state index in [0.29, 0.717) is 37.5 Å². The van der Waals surface area contributed by atoms with Crippen molar-refractivity contribution in [2.24, 2.45) is 0 Å². The van der Waals surface area contributed by atoms with Gasteiger partial charge in [0, 0.05) is 43.5 Å². The molecule has 1 atom stereocenters. The molecule has 2 fully saturated rings. The average molecular weight is 472 g/mol. The number of ether oxygens (including phenoxy) is 1. The number of hydrogen-bond donors (Lipinski definition) is 1. The number of benzene rings is 2. The molecule has 0 aliphatic carbocycles. The van der Waals surface area contributed by atoms with Crippen LogP contribution in [-0.2, 0) is 19.6 Å². The smallest absolute Gasteiger partial charge is 0.265 e. The van der Waals surface area contributed by atoms with Crippen LogP contribution in [0, 0.1) is 0 Å². The molecule has 2 amide bonds. The van der Waals surface area contributed by atoms with Crippen molar-refractivity contribution in [2.45, 2.75) is 50.0 Å². The molecule has 0 saturated carbocycles. The maximum atomic E-state index is 12.8. The summed E-state index contributed by atoms with van der Waals surface area (Å²) in [4.78, 5) is 26.5. The fraction of sp³-hybridized carbons (Fsp3) is 0.417. The van der Waals surface area contributed by atoms with Gasteiger partial charge in [-0.25, -0.2) is 8.42 Å². The Morgan fingerprint density at radius 2 is 1.73 bits per heavy atom. The number of amides is 2. The van der Waals surface area contributed by atoms with E-state index in [4.69, 9.17) is 4.74 Å². The molecule has 2 aliphatic rings. The maximum Gasteiger partial charge on any atom is 0.265 e. The zero-order chi connectivity index (χ0) is 23.4. The van der Waals surface area contributed by atoms with E-state index in [0.717, 1.165) is 31.4 Å². The molecule has 8 nitrogen and oxygen atoms in total. The number of rotatable bonds is 7. The second-order valence-corrected chi connectivity index (χ2v) is 10.3. The molecule has 1 N–H and O–H groups in total. The molecule has 2 aromatic rings. The molecule has 176 valence electrons. The first-order valence-corrected chi connectivity index (χ1v) is 12.8. The minimum Gasteiger partial charge on any atom is -0.481 e. The van der Waals surface area contributed by atoms with Crippen LogP contribution in [0.5, 0.6) is 5.75 Å². The highest BCUT2D eigenvalue weighted by Crippen LogP contribution is 2.26. The first kappa shape index (κ1) is 23.3. The number of hydrogen-bond acceptors (Lipinski definition) is 5. The van der Waals surface area contributed by atoms with E-state index in [1.54, 1.807) is 42.2 Å². The van der Waals surface area contributed by atoms with Crippen molar-refractivity contribution < 1.29 is 22.7 Å². The van der Waals surface area contributed by atoms with E-state index in [2.05, 4.69) is 5.32 Å². The van der Waals surface area contributed by atoms with Gasteiger partial charge >= 0.3 is 0 Å². The summed E-state index contributed by atoms with van der Waals surface area (Å²) in [5.74, 6) is 0.228. The summed E-state index contributed by atoms with van der Waals surface area (Å²) in [6.07, 6.45) is 3.40. The summed E-state index contributed by atoms with van der Waals surface area (Å²) < 4.78 is 32.8. The third-order valence-electron chi connectivity index (χ3n) is 5.96. The van der Waals surface area contributed by atoms with E-state index in [-0.39, 0.29) is 16.7 Å². The Labute approximate surface area is 194 Å². The fourth-order valence-electron chi connectivity index (χ4n) is 4.11. The molecule has 2 aromatic carbocycles. The summed E-state index contributed by atoms with van der Waals surface area (Å²) in [5, 5.41) is 2.76. The molecule has 4 rings (SSSR count). The third-order valence-corrected chi connectivity index (χ3v) is 7.87. The Morgan fingerprint density at radius 1 is 1.00 bits per heavy atom. The second kappa shape index (κ2) is 9.93. The van der Waals surface area contributed by atoms with Gasteiger partial charge in [0.1, 0.15) is 5.75 Å². The Bertz CT molecular complexity index is 1110. The SMILES string of the molecule is CC(Oc1cccc(N2CCCC2=O)c1)C(=O)Nc1ccc(S(=O)(=O)N2CCCCC2)cc1. The molecule has 0 bridgehead atoms. The highest BCUT2D eigenvalue weighted by Gasteiger charge is 2.26. The van der Waals surface area contributed by atoms with Crippen LogP contribution in [0.25, 0.3) is 0 Å². The highest BCUT2D eigenvalue weighted by atomic mass is 32.2. The van der Waals surface area contributed by atoms with Gasteiger partial charge in [-0.2, -0.15) is 4.31 Å². The van der Waals surface area contributed by atoms with Gasteiger partial charge in [-0.1, -0.05) is 12.5 Å². The summed E-state index contributed by atoms with van der Waals surface area (Å²) in [5.41, 5.74) is 1.25. The predicted molar refractivity (Wildman–Crippen MR) is 126 cm³/mol. The number of nitrogens with one attached hydrogen (secondary N) is 1. The van der Waals surface area contributed by atoms with Crippen molar-refractivity contribution in [2.75, 3.05) is 29.9 Å². The number of carbonyl (C=O) groups is 2. The van der Waals surface area contributed by atoms with Gasteiger partial charge in [0.05, 0.1) is 4.90 Å². The van der Waals surface area contributed by atoms with E-state index >= 15 is 0 Å². The minimum atomic E-state index is -3.51. The van der Waals surface area contributed by atoms with Crippen LogP contribution in [0.1, 0.15) is 39.0 Å². The fourth-order valence-corrected chi connectivity index (χ4v) is 5.63. The molecule has 0 aromatic heterocycles. The van der Waals surface area contributed by atoms with Crippen LogP contribution in [0.2, 0.25) is 0 Å². The molecule has 2 aliphatic heterocycles. The standard InChI is InChI=1S/C24H29N3O5S/c1-18(32-21-8-5-7-20(17-21)27-16-6-9-23(27)28)24(29)25-19-10-12-22(13-11-19)33(30,31)26-14-3-2-4-15-26/h5,7-8,10-13,17-18H,2-4,6,9,14-16H2,1H3,(H,25,29). The number of carbonyl (C=O) groups excluding carboxylic acids is 2. The van der Waals surface area contributed by atoms with Crippen LogP contribution in [0.4, 0.5) is 11.4 Å². The maximum absolute atomic E-state index is 12.8. The van der Waals surface area contributed by atoms with Crippen molar-refractivity contribution in [1.29, 1.82) is 0 Å². The van der Waals surface area contributed by atoms with Crippen LogP contribution in [0.3, 0.4) is 0 Å². The van der Waals surface area contributed by atoms with Gasteiger partial charge in [-0.3, -0.25) is 9.59 Å². The highest BCUT2D eigenvalue weighted by molar-refractivity contribution is 7.89. The molecular weight excluding hydrogens is 442 g/mol. The minimum absolute atomic E-state index is 0.0867. The molecule has 0 spiro atoms. The van der Waals surface area contributed by atoms with Gasteiger partial charge in [-0.05, 0) is 62.6 Å². The monoisotopic (exact) mass is 471 g/mol. The van der Waals surface area contributed by atoms with Crippen molar-refractivity contribution in [3.8, 4) is 5.75 Å². The third kappa shape index (κ3) is 5.36. The van der Waals surface area contributed by atoms with E-state index in [9.17, 15) is 18.0 Å². The summed E-state index contributed by atoms with van der Waals surface area (Å²) in [6, 6.07) is 13.3. The zero-order valence-electron chi connectivity index (χ0n) is 18.7. The van der Waals surface area contributed by atoms with E-state index in [1.807, 2.05) is 6.07 Å². The number of anilines is 2.